The average Bonchev–Trinajstić information content (AvgIpc) is 2.31. The second-order valence-electron chi connectivity index (χ2n) is 4.47. The average molecular weight is 223 g/mol. The zero-order valence-corrected chi connectivity index (χ0v) is 9.35. The maximum absolute atomic E-state index is 13.6. The summed E-state index contributed by atoms with van der Waals surface area (Å²) >= 11 is 0. The molecule has 1 aromatic carbocycles. The Kier molecular flexibility index (Phi) is 3.91. The Bertz CT molecular complexity index is 317. The van der Waals surface area contributed by atoms with Crippen molar-refractivity contribution >= 4 is 0 Å². The fourth-order valence-corrected chi connectivity index (χ4v) is 2.21. The van der Waals surface area contributed by atoms with Crippen LogP contribution >= 0.6 is 0 Å². The first-order valence-electron chi connectivity index (χ1n) is 5.81. The number of nitrogens with zero attached hydrogens (tertiary/aromatic N) is 1. The van der Waals surface area contributed by atoms with E-state index in [0.717, 1.165) is 19.5 Å². The van der Waals surface area contributed by atoms with Crippen molar-refractivity contribution in [2.75, 3.05) is 19.7 Å². The zero-order valence-electron chi connectivity index (χ0n) is 9.35. The lowest BCUT2D eigenvalue weighted by atomic mass is 9.95. The van der Waals surface area contributed by atoms with Crippen LogP contribution in [0.4, 0.5) is 4.39 Å². The number of hydrogen-bond acceptors (Lipinski definition) is 2. The fraction of sp³-hybridized carbons (Fsp3) is 0.538. The minimum atomic E-state index is -0.887. The van der Waals surface area contributed by atoms with Gasteiger partial charge in [-0.25, -0.2) is 4.39 Å². The molecule has 1 saturated heterocycles. The summed E-state index contributed by atoms with van der Waals surface area (Å²) < 4.78 is 13.6. The van der Waals surface area contributed by atoms with E-state index in [1.165, 1.54) is 5.56 Å². The summed E-state index contributed by atoms with van der Waals surface area (Å²) in [5.74, 6) is -0.160. The number of aliphatic hydroxyl groups is 1. The van der Waals surface area contributed by atoms with Gasteiger partial charge in [-0.2, -0.15) is 0 Å². The Labute approximate surface area is 95.7 Å². The number of benzene rings is 1. The maximum Gasteiger partial charge on any atom is 0.118 e. The Morgan fingerprint density at radius 3 is 2.69 bits per heavy atom. The molecule has 0 unspecified atom stereocenters. The second kappa shape index (κ2) is 5.41. The minimum absolute atomic E-state index is 0.0274. The minimum Gasteiger partial charge on any atom is -0.396 e. The highest BCUT2D eigenvalue weighted by molar-refractivity contribution is 5.14. The molecule has 2 nitrogen and oxygen atoms in total. The quantitative estimate of drug-likeness (QED) is 0.845. The first kappa shape index (κ1) is 11.6. The smallest absolute Gasteiger partial charge is 0.118 e. The van der Waals surface area contributed by atoms with Gasteiger partial charge < -0.3 is 5.11 Å². The van der Waals surface area contributed by atoms with E-state index in [9.17, 15) is 4.39 Å². The van der Waals surface area contributed by atoms with E-state index in [1.54, 1.807) is 0 Å². The molecule has 3 heteroatoms. The molecule has 1 fully saturated rings. The van der Waals surface area contributed by atoms with Crippen LogP contribution in [0.1, 0.15) is 12.0 Å². The number of alkyl halides is 1. The lowest BCUT2D eigenvalue weighted by Crippen LogP contribution is -2.42. The topological polar surface area (TPSA) is 23.5 Å². The molecule has 0 bridgehead atoms. The molecule has 0 amide bonds. The molecule has 1 heterocycles. The zero-order chi connectivity index (χ0) is 11.4. The van der Waals surface area contributed by atoms with Crippen molar-refractivity contribution < 1.29 is 9.50 Å². The van der Waals surface area contributed by atoms with Crippen LogP contribution in [0.15, 0.2) is 30.3 Å². The standard InChI is InChI=1S/C13H18FNO/c14-13-9-15(7-6-12(13)10-16)8-11-4-2-1-3-5-11/h1-5,12-13,16H,6-10H2/t12-,13-/m0/s1. The molecule has 2 atom stereocenters. The molecule has 0 spiro atoms. The van der Waals surface area contributed by atoms with Crippen LogP contribution in [-0.2, 0) is 6.54 Å². The van der Waals surface area contributed by atoms with Crippen molar-refractivity contribution in [1.29, 1.82) is 0 Å². The molecular weight excluding hydrogens is 205 g/mol. The van der Waals surface area contributed by atoms with Crippen LogP contribution in [0.3, 0.4) is 0 Å². The highest BCUT2D eigenvalue weighted by atomic mass is 19.1. The van der Waals surface area contributed by atoms with Crippen LogP contribution in [0.25, 0.3) is 0 Å². The van der Waals surface area contributed by atoms with Crippen LogP contribution in [0, 0.1) is 5.92 Å². The molecule has 16 heavy (non-hydrogen) atoms. The van der Waals surface area contributed by atoms with Gasteiger partial charge in [-0.15, -0.1) is 0 Å². The summed E-state index contributed by atoms with van der Waals surface area (Å²) in [5, 5.41) is 8.98. The molecule has 0 aliphatic carbocycles. The number of piperidine rings is 1. The largest absolute Gasteiger partial charge is 0.396 e. The summed E-state index contributed by atoms with van der Waals surface area (Å²) in [4.78, 5) is 2.12. The third-order valence-electron chi connectivity index (χ3n) is 3.24. The lowest BCUT2D eigenvalue weighted by Gasteiger charge is -2.33. The van der Waals surface area contributed by atoms with Gasteiger partial charge in [0.25, 0.3) is 0 Å². The number of hydrogen-bond donors (Lipinski definition) is 1. The third-order valence-corrected chi connectivity index (χ3v) is 3.24. The van der Waals surface area contributed by atoms with Gasteiger partial charge in [0, 0.05) is 25.6 Å². The van der Waals surface area contributed by atoms with Crippen LogP contribution < -0.4 is 0 Å². The molecular formula is C13H18FNO. The SMILES string of the molecule is OC[C@@H]1CCN(Cc2ccccc2)C[C@@H]1F. The highest BCUT2D eigenvalue weighted by Crippen LogP contribution is 2.21. The van der Waals surface area contributed by atoms with Gasteiger partial charge >= 0.3 is 0 Å². The van der Waals surface area contributed by atoms with Crippen molar-refractivity contribution in [3.63, 3.8) is 0 Å². The predicted octanol–water partition coefficient (Wildman–Crippen LogP) is 1.84. The molecule has 1 N–H and O–H groups in total. The van der Waals surface area contributed by atoms with Crippen molar-refractivity contribution in [2.24, 2.45) is 5.92 Å². The lowest BCUT2D eigenvalue weighted by molar-refractivity contribution is 0.0471. The number of rotatable bonds is 3. The van der Waals surface area contributed by atoms with Crippen LogP contribution in [0.5, 0.6) is 0 Å². The van der Waals surface area contributed by atoms with Crippen LogP contribution in [-0.4, -0.2) is 35.9 Å². The van der Waals surface area contributed by atoms with E-state index in [-0.39, 0.29) is 12.5 Å². The molecule has 2 rings (SSSR count). The molecule has 0 radical (unpaired) electrons. The Hall–Kier alpha value is -0.930. The summed E-state index contributed by atoms with van der Waals surface area (Å²) in [5.41, 5.74) is 1.22. The fourth-order valence-electron chi connectivity index (χ4n) is 2.21. The first-order valence-corrected chi connectivity index (χ1v) is 5.81. The monoisotopic (exact) mass is 223 g/mol. The van der Waals surface area contributed by atoms with E-state index in [0.29, 0.717) is 6.54 Å². The van der Waals surface area contributed by atoms with E-state index < -0.39 is 6.17 Å². The molecule has 1 aliphatic rings. The molecule has 88 valence electrons. The molecule has 1 aliphatic heterocycles. The van der Waals surface area contributed by atoms with Gasteiger partial charge in [0.15, 0.2) is 0 Å². The van der Waals surface area contributed by atoms with Gasteiger partial charge in [0.1, 0.15) is 6.17 Å². The van der Waals surface area contributed by atoms with Crippen molar-refractivity contribution in [3.8, 4) is 0 Å². The van der Waals surface area contributed by atoms with Crippen molar-refractivity contribution in [2.45, 2.75) is 19.1 Å². The van der Waals surface area contributed by atoms with Crippen LogP contribution in [0.2, 0.25) is 0 Å². The van der Waals surface area contributed by atoms with E-state index in [4.69, 9.17) is 5.11 Å². The van der Waals surface area contributed by atoms with Gasteiger partial charge in [-0.1, -0.05) is 30.3 Å². The van der Waals surface area contributed by atoms with Gasteiger partial charge in [0.05, 0.1) is 0 Å². The molecule has 0 aromatic heterocycles. The van der Waals surface area contributed by atoms with E-state index >= 15 is 0 Å². The Morgan fingerprint density at radius 2 is 2.06 bits per heavy atom. The van der Waals surface area contributed by atoms with Gasteiger partial charge in [-0.3, -0.25) is 4.90 Å². The van der Waals surface area contributed by atoms with E-state index in [2.05, 4.69) is 17.0 Å². The van der Waals surface area contributed by atoms with Crippen molar-refractivity contribution in [3.05, 3.63) is 35.9 Å². The Balaban J connectivity index is 1.89. The number of likely N-dealkylation sites (tertiary alicyclic amines) is 1. The Morgan fingerprint density at radius 1 is 1.31 bits per heavy atom. The summed E-state index contributed by atoms with van der Waals surface area (Å²) in [6, 6.07) is 10.1. The predicted molar refractivity (Wildman–Crippen MR) is 61.8 cm³/mol. The number of aliphatic hydroxyl groups excluding tert-OH is 1. The van der Waals surface area contributed by atoms with E-state index in [1.807, 2.05) is 18.2 Å². The second-order valence-corrected chi connectivity index (χ2v) is 4.47. The third kappa shape index (κ3) is 2.80. The molecule has 1 aromatic rings. The van der Waals surface area contributed by atoms with Crippen molar-refractivity contribution in [1.82, 2.24) is 4.90 Å². The summed E-state index contributed by atoms with van der Waals surface area (Å²) in [6.07, 6.45) is -0.132. The maximum atomic E-state index is 13.6. The van der Waals surface area contributed by atoms with Gasteiger partial charge in [0.2, 0.25) is 0 Å². The summed E-state index contributed by atoms with van der Waals surface area (Å²) in [6.45, 7) is 2.10. The first-order chi connectivity index (χ1) is 7.79. The summed E-state index contributed by atoms with van der Waals surface area (Å²) in [7, 11) is 0. The number of halogens is 1. The molecule has 0 saturated carbocycles. The van der Waals surface area contributed by atoms with Gasteiger partial charge in [-0.05, 0) is 18.5 Å². The normalized spacial score (nSPS) is 26.9. The highest BCUT2D eigenvalue weighted by Gasteiger charge is 2.28.